The summed E-state index contributed by atoms with van der Waals surface area (Å²) in [4.78, 5) is 12.0. The first-order chi connectivity index (χ1) is 10.5. The van der Waals surface area contributed by atoms with Gasteiger partial charge in [0, 0.05) is 6.42 Å². The van der Waals surface area contributed by atoms with Crippen molar-refractivity contribution in [2.75, 3.05) is 0 Å². The van der Waals surface area contributed by atoms with Crippen molar-refractivity contribution in [3.8, 4) is 0 Å². The minimum atomic E-state index is -1.02. The Hall–Kier alpha value is -1.09. The van der Waals surface area contributed by atoms with Crippen molar-refractivity contribution >= 4 is 5.97 Å². The summed E-state index contributed by atoms with van der Waals surface area (Å²) in [6.07, 6.45) is 5.02. The number of carbonyl (C=O) groups excluding carboxylic acids is 1. The van der Waals surface area contributed by atoms with E-state index in [9.17, 15) is 9.90 Å². The van der Waals surface area contributed by atoms with Crippen molar-refractivity contribution in [2.45, 2.75) is 77.9 Å². The maximum absolute atomic E-state index is 12.0. The number of hydrogen-bond acceptors (Lipinski definition) is 3. The van der Waals surface area contributed by atoms with Gasteiger partial charge in [-0.25, -0.2) is 0 Å². The summed E-state index contributed by atoms with van der Waals surface area (Å²) in [5.41, 5.74) is 1.64. The molecule has 130 valence electrons. The van der Waals surface area contributed by atoms with Gasteiger partial charge >= 0.3 is 5.97 Å². The minimum Gasteiger partial charge on any atom is -0.462 e. The van der Waals surface area contributed by atoms with Gasteiger partial charge in [-0.1, -0.05) is 31.2 Å². The van der Waals surface area contributed by atoms with Crippen LogP contribution in [0.2, 0.25) is 0 Å². The van der Waals surface area contributed by atoms with E-state index in [1.54, 1.807) is 13.8 Å². The second kappa shape index (κ2) is 6.43. The van der Waals surface area contributed by atoms with Gasteiger partial charge in [-0.2, -0.15) is 0 Å². The summed E-state index contributed by atoms with van der Waals surface area (Å²) in [6.45, 7) is 16.1. The maximum atomic E-state index is 12.0. The fourth-order valence-corrected chi connectivity index (χ4v) is 4.41. The van der Waals surface area contributed by atoms with E-state index in [1.165, 1.54) is 17.6 Å². The SMILES string of the molecule is C=C(C)[C@@H]1CC[C@@]2(C)C[C@@H](OC(=O)CC(C)(C)O)CC(=C)[C@@H]2C1. The van der Waals surface area contributed by atoms with Gasteiger partial charge in [0.2, 0.25) is 0 Å². The van der Waals surface area contributed by atoms with Crippen LogP contribution >= 0.6 is 0 Å². The highest BCUT2D eigenvalue weighted by Gasteiger charge is 2.46. The van der Waals surface area contributed by atoms with E-state index in [-0.39, 0.29) is 23.9 Å². The molecule has 0 aromatic carbocycles. The van der Waals surface area contributed by atoms with E-state index in [2.05, 4.69) is 27.0 Å². The first-order valence-corrected chi connectivity index (χ1v) is 8.75. The Morgan fingerprint density at radius 1 is 1.48 bits per heavy atom. The summed E-state index contributed by atoms with van der Waals surface area (Å²) >= 11 is 0. The molecule has 2 aliphatic rings. The minimum absolute atomic E-state index is 0.0356. The highest BCUT2D eigenvalue weighted by molar-refractivity contribution is 5.70. The molecule has 0 aliphatic heterocycles. The van der Waals surface area contributed by atoms with E-state index in [0.29, 0.717) is 11.8 Å². The molecule has 0 radical (unpaired) electrons. The van der Waals surface area contributed by atoms with Crippen LogP contribution in [0.3, 0.4) is 0 Å². The molecule has 0 saturated heterocycles. The van der Waals surface area contributed by atoms with Gasteiger partial charge in [0.25, 0.3) is 0 Å². The zero-order chi connectivity index (χ0) is 17.4. The van der Waals surface area contributed by atoms with Crippen LogP contribution in [0.15, 0.2) is 24.3 Å². The third kappa shape index (κ3) is 4.47. The summed E-state index contributed by atoms with van der Waals surface area (Å²) in [6, 6.07) is 0. The number of carbonyl (C=O) groups is 1. The lowest BCUT2D eigenvalue weighted by atomic mass is 9.56. The molecule has 3 heteroatoms. The Labute approximate surface area is 140 Å². The third-order valence-electron chi connectivity index (χ3n) is 5.67. The van der Waals surface area contributed by atoms with Gasteiger partial charge in [-0.3, -0.25) is 4.79 Å². The van der Waals surface area contributed by atoms with E-state index in [4.69, 9.17) is 4.74 Å². The summed E-state index contributed by atoms with van der Waals surface area (Å²) in [5, 5.41) is 9.76. The quantitative estimate of drug-likeness (QED) is 0.616. The summed E-state index contributed by atoms with van der Waals surface area (Å²) in [7, 11) is 0. The molecule has 0 bridgehead atoms. The van der Waals surface area contributed by atoms with Crippen LogP contribution in [0.25, 0.3) is 0 Å². The summed E-state index contributed by atoms with van der Waals surface area (Å²) in [5.74, 6) is 0.786. The van der Waals surface area contributed by atoms with Gasteiger partial charge in [0.15, 0.2) is 0 Å². The average Bonchev–Trinajstić information content (AvgIpc) is 2.34. The molecule has 2 aliphatic carbocycles. The Morgan fingerprint density at radius 2 is 2.13 bits per heavy atom. The molecular formula is C20H32O3. The van der Waals surface area contributed by atoms with E-state index in [0.717, 1.165) is 25.7 Å². The van der Waals surface area contributed by atoms with Crippen molar-refractivity contribution in [1.82, 2.24) is 0 Å². The van der Waals surface area contributed by atoms with Crippen molar-refractivity contribution in [1.29, 1.82) is 0 Å². The van der Waals surface area contributed by atoms with Gasteiger partial charge < -0.3 is 9.84 Å². The zero-order valence-electron chi connectivity index (χ0n) is 15.2. The Morgan fingerprint density at radius 3 is 2.70 bits per heavy atom. The first-order valence-electron chi connectivity index (χ1n) is 8.75. The Balaban J connectivity index is 2.01. The molecule has 0 unspecified atom stereocenters. The lowest BCUT2D eigenvalue weighted by molar-refractivity contribution is -0.157. The normalized spacial score (nSPS) is 34.7. The average molecular weight is 320 g/mol. The summed E-state index contributed by atoms with van der Waals surface area (Å²) < 4.78 is 5.65. The Bertz CT molecular complexity index is 500. The van der Waals surface area contributed by atoms with Crippen LogP contribution < -0.4 is 0 Å². The fraction of sp³-hybridized carbons (Fsp3) is 0.750. The Kier molecular flexibility index (Phi) is 5.10. The lowest BCUT2D eigenvalue weighted by Crippen LogP contribution is -2.44. The molecule has 0 spiro atoms. The molecule has 0 aromatic heterocycles. The molecule has 0 aromatic rings. The monoisotopic (exact) mass is 320 g/mol. The standard InChI is InChI=1S/C20H32O3/c1-13(2)15-7-8-20(6)11-16(9-14(3)17(20)10-15)23-18(21)12-19(4,5)22/h15-17,22H,1,3,7-12H2,2,4-6H3/t15-,16+,17+,20+/m1/s1. The first kappa shape index (κ1) is 18.3. The van der Waals surface area contributed by atoms with Crippen LogP contribution in [0.1, 0.15) is 66.2 Å². The molecule has 1 N–H and O–H groups in total. The van der Waals surface area contributed by atoms with E-state index in [1.807, 2.05) is 0 Å². The van der Waals surface area contributed by atoms with Gasteiger partial charge in [0.05, 0.1) is 12.0 Å². The molecule has 0 amide bonds. The highest BCUT2D eigenvalue weighted by Crippen LogP contribution is 2.54. The van der Waals surface area contributed by atoms with Crippen LogP contribution in [0.4, 0.5) is 0 Å². The van der Waals surface area contributed by atoms with Crippen molar-refractivity contribution in [3.63, 3.8) is 0 Å². The van der Waals surface area contributed by atoms with Crippen LogP contribution in [0.5, 0.6) is 0 Å². The third-order valence-corrected chi connectivity index (χ3v) is 5.67. The number of rotatable bonds is 4. The zero-order valence-corrected chi connectivity index (χ0v) is 15.2. The van der Waals surface area contributed by atoms with Gasteiger partial charge in [0.1, 0.15) is 6.10 Å². The van der Waals surface area contributed by atoms with Crippen molar-refractivity contribution < 1.29 is 14.6 Å². The molecule has 23 heavy (non-hydrogen) atoms. The van der Waals surface area contributed by atoms with E-state index >= 15 is 0 Å². The van der Waals surface area contributed by atoms with E-state index < -0.39 is 5.60 Å². The second-order valence-electron chi connectivity index (χ2n) is 8.69. The number of aliphatic hydroxyl groups is 1. The van der Waals surface area contributed by atoms with Crippen LogP contribution in [-0.4, -0.2) is 22.8 Å². The number of allylic oxidation sites excluding steroid dienone is 1. The predicted molar refractivity (Wildman–Crippen MR) is 92.9 cm³/mol. The maximum Gasteiger partial charge on any atom is 0.308 e. The van der Waals surface area contributed by atoms with Crippen molar-refractivity contribution in [3.05, 3.63) is 24.3 Å². The number of fused-ring (bicyclic) bond motifs is 1. The topological polar surface area (TPSA) is 46.5 Å². The molecule has 2 rings (SSSR count). The van der Waals surface area contributed by atoms with Gasteiger partial charge in [-0.15, -0.1) is 0 Å². The smallest absolute Gasteiger partial charge is 0.308 e. The van der Waals surface area contributed by atoms with Gasteiger partial charge in [-0.05, 0) is 63.7 Å². The largest absolute Gasteiger partial charge is 0.462 e. The number of esters is 1. The molecule has 2 fully saturated rings. The molecule has 3 nitrogen and oxygen atoms in total. The van der Waals surface area contributed by atoms with Crippen LogP contribution in [0, 0.1) is 17.3 Å². The molecular weight excluding hydrogens is 288 g/mol. The fourth-order valence-electron chi connectivity index (χ4n) is 4.41. The second-order valence-corrected chi connectivity index (χ2v) is 8.69. The molecule has 2 saturated carbocycles. The number of hydrogen-bond donors (Lipinski definition) is 1. The molecule has 0 heterocycles. The lowest BCUT2D eigenvalue weighted by Gasteiger charge is -2.50. The van der Waals surface area contributed by atoms with Crippen molar-refractivity contribution in [2.24, 2.45) is 17.3 Å². The molecule has 4 atom stereocenters. The number of ether oxygens (including phenoxy) is 1. The highest BCUT2D eigenvalue weighted by atomic mass is 16.5. The predicted octanol–water partition coefficient (Wildman–Crippen LogP) is 4.41. The van der Waals surface area contributed by atoms with Crippen LogP contribution in [-0.2, 0) is 9.53 Å².